The van der Waals surface area contributed by atoms with Crippen LogP contribution in [-0.4, -0.2) is 33.5 Å². The van der Waals surface area contributed by atoms with E-state index in [0.717, 1.165) is 5.56 Å². The average molecular weight is 427 g/mol. The fourth-order valence-corrected chi connectivity index (χ4v) is 4.04. The number of rotatable bonds is 8. The maximum atomic E-state index is 12.8. The number of anilines is 1. The Labute approximate surface area is 174 Å². The average Bonchev–Trinajstić information content (AvgIpc) is 2.77. The van der Waals surface area contributed by atoms with Crippen LogP contribution in [0.15, 0.2) is 71.9 Å². The lowest BCUT2D eigenvalue weighted by molar-refractivity contribution is 0.0947. The Kier molecular flexibility index (Phi) is 6.53. The lowest BCUT2D eigenvalue weighted by Gasteiger charge is -2.14. The summed E-state index contributed by atoms with van der Waals surface area (Å²) in [5.41, 5.74) is 1.05. The van der Waals surface area contributed by atoms with Crippen LogP contribution in [-0.2, 0) is 16.6 Å². The third-order valence-corrected chi connectivity index (χ3v) is 5.71. The predicted octanol–water partition coefficient (Wildman–Crippen LogP) is 2.83. The number of carbonyl (C=O) groups is 1. The van der Waals surface area contributed by atoms with Crippen molar-refractivity contribution in [3.05, 3.63) is 78.1 Å². The third kappa shape index (κ3) is 4.87. The molecule has 2 N–H and O–H groups in total. The predicted molar refractivity (Wildman–Crippen MR) is 112 cm³/mol. The van der Waals surface area contributed by atoms with Gasteiger partial charge in [0.25, 0.3) is 15.9 Å². The van der Waals surface area contributed by atoms with Crippen LogP contribution in [0.2, 0.25) is 0 Å². The van der Waals surface area contributed by atoms with E-state index in [1.165, 1.54) is 31.6 Å². The van der Waals surface area contributed by atoms with Gasteiger partial charge < -0.3 is 14.8 Å². The summed E-state index contributed by atoms with van der Waals surface area (Å²) < 4.78 is 38.6. The number of benzene rings is 2. The summed E-state index contributed by atoms with van der Waals surface area (Å²) in [6.07, 6.45) is 2.92. The number of hydrogen-bond acceptors (Lipinski definition) is 6. The van der Waals surface area contributed by atoms with Crippen LogP contribution < -0.4 is 19.5 Å². The van der Waals surface area contributed by atoms with Gasteiger partial charge in [0.05, 0.1) is 31.7 Å². The van der Waals surface area contributed by atoms with Gasteiger partial charge in [0, 0.05) is 24.4 Å². The summed E-state index contributed by atoms with van der Waals surface area (Å²) in [5.74, 6) is 0.647. The van der Waals surface area contributed by atoms with Crippen molar-refractivity contribution in [2.24, 2.45) is 0 Å². The number of pyridine rings is 1. The van der Waals surface area contributed by atoms with Crippen molar-refractivity contribution >= 4 is 21.6 Å². The number of sulfonamides is 1. The molecule has 0 radical (unpaired) electrons. The van der Waals surface area contributed by atoms with Gasteiger partial charge in [-0.2, -0.15) is 0 Å². The molecule has 1 heterocycles. The van der Waals surface area contributed by atoms with E-state index in [9.17, 15) is 13.2 Å². The van der Waals surface area contributed by atoms with Crippen molar-refractivity contribution in [2.45, 2.75) is 11.4 Å². The Morgan fingerprint density at radius 2 is 1.83 bits per heavy atom. The van der Waals surface area contributed by atoms with E-state index in [0.29, 0.717) is 17.2 Å². The summed E-state index contributed by atoms with van der Waals surface area (Å²) in [7, 11) is -0.917. The first-order valence-corrected chi connectivity index (χ1v) is 10.4. The van der Waals surface area contributed by atoms with Crippen molar-refractivity contribution in [3.8, 4) is 11.5 Å². The van der Waals surface area contributed by atoms with Crippen LogP contribution in [0, 0.1) is 0 Å². The molecule has 3 rings (SSSR count). The second-order valence-corrected chi connectivity index (χ2v) is 7.85. The van der Waals surface area contributed by atoms with Crippen molar-refractivity contribution in [2.75, 3.05) is 18.9 Å². The lowest BCUT2D eigenvalue weighted by atomic mass is 10.1. The molecule has 0 saturated carbocycles. The van der Waals surface area contributed by atoms with Crippen LogP contribution in [0.4, 0.5) is 5.69 Å². The second-order valence-electron chi connectivity index (χ2n) is 6.20. The van der Waals surface area contributed by atoms with E-state index in [4.69, 9.17) is 9.47 Å². The van der Waals surface area contributed by atoms with Crippen molar-refractivity contribution < 1.29 is 22.7 Å². The van der Waals surface area contributed by atoms with Gasteiger partial charge in [-0.3, -0.25) is 14.5 Å². The van der Waals surface area contributed by atoms with E-state index in [1.807, 2.05) is 0 Å². The highest BCUT2D eigenvalue weighted by atomic mass is 32.2. The first-order valence-electron chi connectivity index (χ1n) is 8.95. The summed E-state index contributed by atoms with van der Waals surface area (Å²) in [4.78, 5) is 16.5. The number of amides is 1. The highest BCUT2D eigenvalue weighted by Gasteiger charge is 2.22. The van der Waals surface area contributed by atoms with Gasteiger partial charge in [-0.1, -0.05) is 12.1 Å². The minimum absolute atomic E-state index is 0.0290. The number of methoxy groups -OCH3 is 2. The van der Waals surface area contributed by atoms with Crippen LogP contribution in [0.5, 0.6) is 11.5 Å². The zero-order chi connectivity index (χ0) is 21.6. The van der Waals surface area contributed by atoms with Crippen LogP contribution >= 0.6 is 0 Å². The van der Waals surface area contributed by atoms with Gasteiger partial charge in [-0.15, -0.1) is 0 Å². The van der Waals surface area contributed by atoms with Crippen LogP contribution in [0.25, 0.3) is 0 Å². The monoisotopic (exact) mass is 427 g/mol. The van der Waals surface area contributed by atoms with Gasteiger partial charge in [0.15, 0.2) is 0 Å². The van der Waals surface area contributed by atoms with Gasteiger partial charge in [-0.25, -0.2) is 8.42 Å². The number of nitrogens with zero attached hydrogens (tertiary/aromatic N) is 1. The van der Waals surface area contributed by atoms with E-state index >= 15 is 0 Å². The maximum Gasteiger partial charge on any atom is 0.262 e. The molecule has 0 saturated heterocycles. The number of nitrogens with one attached hydrogen (secondary N) is 2. The molecule has 0 bridgehead atoms. The minimum atomic E-state index is -3.99. The standard InChI is InChI=1S/C21H21N3O5S/c1-28-17-10-9-15(19(12-17)29-2)13-23-21(25)18-7-3-4-8-20(18)30(26,27)24-16-6-5-11-22-14-16/h3-12,14,24H,13H2,1-2H3,(H,23,25). The molecule has 8 nitrogen and oxygen atoms in total. The zero-order valence-corrected chi connectivity index (χ0v) is 17.3. The van der Waals surface area contributed by atoms with E-state index < -0.39 is 15.9 Å². The van der Waals surface area contributed by atoms with Crippen molar-refractivity contribution in [1.29, 1.82) is 0 Å². The largest absolute Gasteiger partial charge is 0.497 e. The highest BCUT2D eigenvalue weighted by molar-refractivity contribution is 7.92. The van der Waals surface area contributed by atoms with Gasteiger partial charge in [-0.05, 0) is 36.4 Å². The summed E-state index contributed by atoms with van der Waals surface area (Å²) in [6, 6.07) is 14.4. The molecule has 0 aliphatic rings. The smallest absolute Gasteiger partial charge is 0.262 e. The Morgan fingerprint density at radius 1 is 1.03 bits per heavy atom. The first-order chi connectivity index (χ1) is 14.4. The molecule has 0 unspecified atom stereocenters. The number of aromatic nitrogens is 1. The summed E-state index contributed by atoms with van der Waals surface area (Å²) in [6.45, 7) is 0.149. The Balaban J connectivity index is 1.81. The Bertz CT molecular complexity index is 1130. The summed E-state index contributed by atoms with van der Waals surface area (Å²) >= 11 is 0. The second kappa shape index (κ2) is 9.27. The highest BCUT2D eigenvalue weighted by Crippen LogP contribution is 2.25. The Morgan fingerprint density at radius 3 is 2.53 bits per heavy atom. The SMILES string of the molecule is COc1ccc(CNC(=O)c2ccccc2S(=O)(=O)Nc2cccnc2)c(OC)c1. The summed E-state index contributed by atoms with van der Waals surface area (Å²) in [5, 5.41) is 2.74. The molecule has 0 spiro atoms. The number of carbonyl (C=O) groups excluding carboxylic acids is 1. The Hall–Kier alpha value is -3.59. The van der Waals surface area contributed by atoms with Crippen molar-refractivity contribution in [1.82, 2.24) is 10.3 Å². The fraction of sp³-hybridized carbons (Fsp3) is 0.143. The molecule has 0 fully saturated rings. The maximum absolute atomic E-state index is 12.8. The molecular weight excluding hydrogens is 406 g/mol. The molecular formula is C21H21N3O5S. The van der Waals surface area contributed by atoms with E-state index in [1.54, 1.807) is 49.6 Å². The van der Waals surface area contributed by atoms with Gasteiger partial charge >= 0.3 is 0 Å². The topological polar surface area (TPSA) is 107 Å². The number of ether oxygens (including phenoxy) is 2. The molecule has 9 heteroatoms. The quantitative estimate of drug-likeness (QED) is 0.573. The fourth-order valence-electron chi connectivity index (χ4n) is 2.79. The minimum Gasteiger partial charge on any atom is -0.497 e. The molecule has 2 aromatic carbocycles. The molecule has 1 amide bonds. The number of hydrogen-bond donors (Lipinski definition) is 2. The molecule has 1 aromatic heterocycles. The van der Waals surface area contributed by atoms with Crippen LogP contribution in [0.1, 0.15) is 15.9 Å². The van der Waals surface area contributed by atoms with Crippen molar-refractivity contribution in [3.63, 3.8) is 0 Å². The van der Waals surface area contributed by atoms with Crippen LogP contribution in [0.3, 0.4) is 0 Å². The van der Waals surface area contributed by atoms with E-state index in [2.05, 4.69) is 15.0 Å². The molecule has 0 atom stereocenters. The van der Waals surface area contributed by atoms with Gasteiger partial charge in [0.1, 0.15) is 16.4 Å². The molecule has 156 valence electrons. The molecule has 3 aromatic rings. The van der Waals surface area contributed by atoms with Gasteiger partial charge in [0.2, 0.25) is 0 Å². The third-order valence-electron chi connectivity index (χ3n) is 4.27. The normalized spacial score (nSPS) is 10.9. The zero-order valence-electron chi connectivity index (χ0n) is 16.5. The lowest BCUT2D eigenvalue weighted by Crippen LogP contribution is -2.26. The molecule has 0 aliphatic carbocycles. The van der Waals surface area contributed by atoms with E-state index in [-0.39, 0.29) is 17.0 Å². The first kappa shape index (κ1) is 21.1. The molecule has 0 aliphatic heterocycles. The molecule has 30 heavy (non-hydrogen) atoms.